The van der Waals surface area contributed by atoms with Gasteiger partial charge in [-0.05, 0) is 26.0 Å². The molecule has 0 aliphatic rings. The lowest BCUT2D eigenvalue weighted by molar-refractivity contribution is 0.0601. The van der Waals surface area contributed by atoms with Crippen molar-refractivity contribution in [3.05, 3.63) is 23.8 Å². The van der Waals surface area contributed by atoms with Crippen LogP contribution in [0.1, 0.15) is 24.2 Å². The monoisotopic (exact) mass is 222 g/mol. The summed E-state index contributed by atoms with van der Waals surface area (Å²) in [5, 5.41) is 0. The second kappa shape index (κ2) is 5.39. The van der Waals surface area contributed by atoms with Crippen molar-refractivity contribution in [3.63, 3.8) is 0 Å². The van der Waals surface area contributed by atoms with Crippen LogP contribution in [0.25, 0.3) is 0 Å². The van der Waals surface area contributed by atoms with Crippen LogP contribution in [-0.2, 0) is 4.74 Å². The maximum Gasteiger partial charge on any atom is 0.340 e. The Morgan fingerprint density at radius 1 is 1.38 bits per heavy atom. The quantitative estimate of drug-likeness (QED) is 0.624. The Labute approximate surface area is 96.0 Å². The van der Waals surface area contributed by atoms with E-state index in [2.05, 4.69) is 0 Å². The van der Waals surface area contributed by atoms with Crippen molar-refractivity contribution >= 4 is 17.3 Å². The van der Waals surface area contributed by atoms with Crippen molar-refractivity contribution < 1.29 is 9.53 Å². The van der Waals surface area contributed by atoms with Crippen molar-refractivity contribution in [2.75, 3.05) is 30.8 Å². The van der Waals surface area contributed by atoms with Gasteiger partial charge in [-0.3, -0.25) is 0 Å². The second-order valence-electron chi connectivity index (χ2n) is 3.41. The van der Waals surface area contributed by atoms with Crippen LogP contribution in [0.2, 0.25) is 0 Å². The van der Waals surface area contributed by atoms with Crippen molar-refractivity contribution in [3.8, 4) is 0 Å². The van der Waals surface area contributed by atoms with Crippen molar-refractivity contribution in [2.24, 2.45) is 0 Å². The van der Waals surface area contributed by atoms with Gasteiger partial charge >= 0.3 is 5.97 Å². The van der Waals surface area contributed by atoms with Crippen LogP contribution in [-0.4, -0.2) is 26.2 Å². The molecule has 0 radical (unpaired) electrons. The minimum Gasteiger partial charge on any atom is -0.465 e. The lowest BCUT2D eigenvalue weighted by Crippen LogP contribution is -2.25. The topological polar surface area (TPSA) is 55.6 Å². The lowest BCUT2D eigenvalue weighted by Gasteiger charge is -2.24. The first-order chi connectivity index (χ1) is 7.65. The zero-order valence-corrected chi connectivity index (χ0v) is 9.99. The summed E-state index contributed by atoms with van der Waals surface area (Å²) in [6, 6.07) is 5.28. The second-order valence-corrected chi connectivity index (χ2v) is 3.41. The number of esters is 1. The summed E-state index contributed by atoms with van der Waals surface area (Å²) in [6.45, 7) is 5.65. The number of ether oxygens (including phenoxy) is 1. The summed E-state index contributed by atoms with van der Waals surface area (Å²) in [5.74, 6) is -0.353. The molecular weight excluding hydrogens is 204 g/mol. The zero-order chi connectivity index (χ0) is 12.1. The molecule has 2 N–H and O–H groups in total. The Bertz CT molecular complexity index is 373. The van der Waals surface area contributed by atoms with Gasteiger partial charge in [0.15, 0.2) is 0 Å². The Morgan fingerprint density at radius 3 is 2.50 bits per heavy atom. The molecule has 4 heteroatoms. The number of nitrogens with two attached hydrogens (primary N) is 1. The van der Waals surface area contributed by atoms with Gasteiger partial charge < -0.3 is 15.4 Å². The van der Waals surface area contributed by atoms with Gasteiger partial charge in [-0.2, -0.15) is 0 Å². The van der Waals surface area contributed by atoms with Gasteiger partial charge in [-0.1, -0.05) is 6.07 Å². The number of anilines is 2. The molecule has 16 heavy (non-hydrogen) atoms. The average Bonchev–Trinajstić information content (AvgIpc) is 2.31. The van der Waals surface area contributed by atoms with Gasteiger partial charge in [0.05, 0.1) is 24.0 Å². The molecule has 0 fully saturated rings. The van der Waals surface area contributed by atoms with E-state index in [-0.39, 0.29) is 5.97 Å². The molecule has 0 saturated carbocycles. The third kappa shape index (κ3) is 2.27. The number of hydrogen-bond donors (Lipinski definition) is 1. The molecule has 0 atom stereocenters. The molecule has 0 heterocycles. The first-order valence-corrected chi connectivity index (χ1v) is 5.37. The van der Waals surface area contributed by atoms with Gasteiger partial charge in [0.1, 0.15) is 0 Å². The van der Waals surface area contributed by atoms with E-state index in [0.717, 1.165) is 18.8 Å². The van der Waals surface area contributed by atoms with E-state index in [9.17, 15) is 4.79 Å². The molecular formula is C12H18N2O2. The molecule has 0 aliphatic heterocycles. The van der Waals surface area contributed by atoms with Crippen LogP contribution in [0, 0.1) is 0 Å². The highest BCUT2D eigenvalue weighted by Gasteiger charge is 2.17. The fourth-order valence-electron chi connectivity index (χ4n) is 1.73. The minimum atomic E-state index is -0.353. The minimum absolute atomic E-state index is 0.353. The standard InChI is InChI=1S/C12H18N2O2/c1-4-14(5-2)11-9(12(15)16-3)7-6-8-10(11)13/h6-8H,4-5,13H2,1-3H3. The Morgan fingerprint density at radius 2 is 2.00 bits per heavy atom. The van der Waals surface area contributed by atoms with Gasteiger partial charge in [-0.25, -0.2) is 4.79 Å². The smallest absolute Gasteiger partial charge is 0.340 e. The molecule has 88 valence electrons. The lowest BCUT2D eigenvalue weighted by atomic mass is 10.1. The van der Waals surface area contributed by atoms with E-state index in [1.165, 1.54) is 7.11 Å². The summed E-state index contributed by atoms with van der Waals surface area (Å²) in [7, 11) is 1.37. The van der Waals surface area contributed by atoms with Gasteiger partial charge in [0.25, 0.3) is 0 Å². The number of rotatable bonds is 4. The summed E-state index contributed by atoms with van der Waals surface area (Å²) >= 11 is 0. The van der Waals surface area contributed by atoms with Gasteiger partial charge in [0.2, 0.25) is 0 Å². The molecule has 0 saturated heterocycles. The van der Waals surface area contributed by atoms with E-state index in [1.807, 2.05) is 18.7 Å². The molecule has 0 amide bonds. The average molecular weight is 222 g/mol. The number of benzene rings is 1. The summed E-state index contributed by atoms with van der Waals surface area (Å²) in [4.78, 5) is 13.7. The number of methoxy groups -OCH3 is 1. The van der Waals surface area contributed by atoms with Crippen LogP contribution >= 0.6 is 0 Å². The summed E-state index contributed by atoms with van der Waals surface area (Å²) in [6.07, 6.45) is 0. The number of hydrogen-bond acceptors (Lipinski definition) is 4. The van der Waals surface area contributed by atoms with Gasteiger partial charge in [0, 0.05) is 13.1 Å². The zero-order valence-electron chi connectivity index (χ0n) is 9.99. The number of nitrogen functional groups attached to an aromatic ring is 1. The highest BCUT2D eigenvalue weighted by atomic mass is 16.5. The highest BCUT2D eigenvalue weighted by molar-refractivity contribution is 5.99. The Hall–Kier alpha value is -1.71. The van der Waals surface area contributed by atoms with E-state index >= 15 is 0 Å². The predicted octanol–water partition coefficient (Wildman–Crippen LogP) is 1.90. The molecule has 0 bridgehead atoms. The molecule has 4 nitrogen and oxygen atoms in total. The normalized spacial score (nSPS) is 9.94. The Balaban J connectivity index is 3.27. The number of carbonyl (C=O) groups excluding carboxylic acids is 1. The van der Waals surface area contributed by atoms with E-state index in [4.69, 9.17) is 10.5 Å². The fourth-order valence-corrected chi connectivity index (χ4v) is 1.73. The van der Waals surface area contributed by atoms with Crippen molar-refractivity contribution in [2.45, 2.75) is 13.8 Å². The van der Waals surface area contributed by atoms with Crippen molar-refractivity contribution in [1.82, 2.24) is 0 Å². The number of nitrogens with zero attached hydrogens (tertiary/aromatic N) is 1. The first kappa shape index (κ1) is 12.4. The first-order valence-electron chi connectivity index (χ1n) is 5.37. The molecule has 1 rings (SSSR count). The van der Waals surface area contributed by atoms with Crippen LogP contribution in [0.15, 0.2) is 18.2 Å². The molecule has 0 unspecified atom stereocenters. The Kier molecular flexibility index (Phi) is 4.17. The van der Waals surface area contributed by atoms with Crippen LogP contribution in [0.4, 0.5) is 11.4 Å². The third-order valence-corrected chi connectivity index (χ3v) is 2.55. The highest BCUT2D eigenvalue weighted by Crippen LogP contribution is 2.28. The number of carbonyl (C=O) groups is 1. The van der Waals surface area contributed by atoms with E-state index < -0.39 is 0 Å². The third-order valence-electron chi connectivity index (χ3n) is 2.55. The van der Waals surface area contributed by atoms with E-state index in [1.54, 1.807) is 18.2 Å². The van der Waals surface area contributed by atoms with Crippen molar-refractivity contribution in [1.29, 1.82) is 0 Å². The molecule has 0 aliphatic carbocycles. The molecule has 0 spiro atoms. The van der Waals surface area contributed by atoms with Crippen LogP contribution in [0.5, 0.6) is 0 Å². The molecule has 1 aromatic carbocycles. The largest absolute Gasteiger partial charge is 0.465 e. The summed E-state index contributed by atoms with van der Waals surface area (Å²) < 4.78 is 4.75. The van der Waals surface area contributed by atoms with Crippen LogP contribution < -0.4 is 10.6 Å². The number of para-hydroxylation sites is 1. The SMILES string of the molecule is CCN(CC)c1c(N)cccc1C(=O)OC. The molecule has 1 aromatic rings. The summed E-state index contributed by atoms with van der Waals surface area (Å²) in [5.41, 5.74) is 7.80. The fraction of sp³-hybridized carbons (Fsp3) is 0.417. The van der Waals surface area contributed by atoms with Gasteiger partial charge in [-0.15, -0.1) is 0 Å². The maximum absolute atomic E-state index is 11.6. The maximum atomic E-state index is 11.6. The van der Waals surface area contributed by atoms with Crippen LogP contribution in [0.3, 0.4) is 0 Å². The van der Waals surface area contributed by atoms with E-state index in [0.29, 0.717) is 11.3 Å². The molecule has 0 aromatic heterocycles. The predicted molar refractivity (Wildman–Crippen MR) is 65.8 cm³/mol.